The average molecular weight is 326 g/mol. The van der Waals surface area contributed by atoms with Gasteiger partial charge in [0.1, 0.15) is 23.4 Å². The van der Waals surface area contributed by atoms with Crippen molar-refractivity contribution in [2.45, 2.75) is 0 Å². The molecule has 0 aliphatic carbocycles. The van der Waals surface area contributed by atoms with Gasteiger partial charge < -0.3 is 20.1 Å². The maximum absolute atomic E-state index is 12.2. The second-order valence-electron chi connectivity index (χ2n) is 4.83. The monoisotopic (exact) mass is 326 g/mol. The van der Waals surface area contributed by atoms with Crippen molar-refractivity contribution in [3.8, 4) is 17.6 Å². The van der Waals surface area contributed by atoms with Crippen molar-refractivity contribution >= 4 is 11.7 Å². The number of carbonyl (C=O) groups excluding carboxylic acids is 1. The van der Waals surface area contributed by atoms with E-state index in [1.165, 1.54) is 20.4 Å². The second kappa shape index (κ2) is 8.39. The number of nitrogens with one attached hydrogen (secondary N) is 2. The number of pyridine rings is 1. The highest BCUT2D eigenvalue weighted by molar-refractivity contribution is 5.95. The van der Waals surface area contributed by atoms with E-state index in [4.69, 9.17) is 14.7 Å². The van der Waals surface area contributed by atoms with Gasteiger partial charge in [-0.05, 0) is 24.3 Å². The number of hydrogen-bond donors (Lipinski definition) is 2. The SMILES string of the molecule is COc1cc(OC)cc(C(=O)NCCNc2ccc(C#N)cn2)c1. The number of methoxy groups -OCH3 is 2. The van der Waals surface area contributed by atoms with Gasteiger partial charge in [0.25, 0.3) is 5.91 Å². The van der Waals surface area contributed by atoms with Gasteiger partial charge in [0.2, 0.25) is 0 Å². The molecule has 0 spiro atoms. The minimum atomic E-state index is -0.221. The van der Waals surface area contributed by atoms with Crippen LogP contribution >= 0.6 is 0 Å². The zero-order valence-electron chi connectivity index (χ0n) is 13.5. The molecule has 0 saturated carbocycles. The Kier molecular flexibility index (Phi) is 5.97. The maximum Gasteiger partial charge on any atom is 0.251 e. The third-order valence-electron chi connectivity index (χ3n) is 3.22. The van der Waals surface area contributed by atoms with Gasteiger partial charge in [0, 0.05) is 30.9 Å². The Morgan fingerprint density at radius 3 is 2.42 bits per heavy atom. The van der Waals surface area contributed by atoms with Gasteiger partial charge in [-0.25, -0.2) is 4.98 Å². The van der Waals surface area contributed by atoms with E-state index in [1.807, 2.05) is 6.07 Å². The molecule has 0 aliphatic heterocycles. The normalized spacial score (nSPS) is 9.71. The van der Waals surface area contributed by atoms with Crippen LogP contribution in [-0.2, 0) is 0 Å². The first-order valence-electron chi connectivity index (χ1n) is 7.27. The third-order valence-corrected chi connectivity index (χ3v) is 3.22. The summed E-state index contributed by atoms with van der Waals surface area (Å²) >= 11 is 0. The molecule has 0 aliphatic rings. The van der Waals surface area contributed by atoms with E-state index >= 15 is 0 Å². The predicted octanol–water partition coefficient (Wildman–Crippen LogP) is 1.81. The van der Waals surface area contributed by atoms with Gasteiger partial charge in [0.15, 0.2) is 0 Å². The minimum Gasteiger partial charge on any atom is -0.497 e. The van der Waals surface area contributed by atoms with E-state index < -0.39 is 0 Å². The number of amides is 1. The van der Waals surface area contributed by atoms with Gasteiger partial charge in [-0.15, -0.1) is 0 Å². The topological polar surface area (TPSA) is 96.3 Å². The summed E-state index contributed by atoms with van der Waals surface area (Å²) in [4.78, 5) is 16.3. The largest absolute Gasteiger partial charge is 0.497 e. The van der Waals surface area contributed by atoms with E-state index in [1.54, 1.807) is 30.3 Å². The number of rotatable bonds is 7. The van der Waals surface area contributed by atoms with Crippen molar-refractivity contribution in [2.24, 2.45) is 0 Å². The van der Waals surface area contributed by atoms with Crippen molar-refractivity contribution in [2.75, 3.05) is 32.6 Å². The molecular formula is C17H18N4O3. The summed E-state index contributed by atoms with van der Waals surface area (Å²) in [6, 6.07) is 10.4. The summed E-state index contributed by atoms with van der Waals surface area (Å²) in [6.07, 6.45) is 1.49. The molecule has 124 valence electrons. The van der Waals surface area contributed by atoms with Gasteiger partial charge in [-0.1, -0.05) is 0 Å². The Morgan fingerprint density at radius 2 is 1.88 bits per heavy atom. The molecular weight excluding hydrogens is 308 g/mol. The van der Waals surface area contributed by atoms with Crippen LogP contribution in [0, 0.1) is 11.3 Å². The van der Waals surface area contributed by atoms with E-state index in [-0.39, 0.29) is 5.91 Å². The van der Waals surface area contributed by atoms with Gasteiger partial charge in [0.05, 0.1) is 19.8 Å². The van der Waals surface area contributed by atoms with Crippen molar-refractivity contribution in [1.29, 1.82) is 5.26 Å². The summed E-state index contributed by atoms with van der Waals surface area (Å²) in [5.74, 6) is 1.53. The summed E-state index contributed by atoms with van der Waals surface area (Å²) < 4.78 is 10.3. The van der Waals surface area contributed by atoms with Crippen LogP contribution in [0.5, 0.6) is 11.5 Å². The Labute approximate surface area is 140 Å². The molecule has 0 fully saturated rings. The Hall–Kier alpha value is -3.27. The van der Waals surface area contributed by atoms with Crippen LogP contribution in [0.2, 0.25) is 0 Å². The highest BCUT2D eigenvalue weighted by Gasteiger charge is 2.09. The third kappa shape index (κ3) is 4.61. The van der Waals surface area contributed by atoms with Crippen LogP contribution in [0.3, 0.4) is 0 Å². The van der Waals surface area contributed by atoms with Crippen LogP contribution in [-0.4, -0.2) is 38.2 Å². The number of nitrogens with zero attached hydrogens (tertiary/aromatic N) is 2. The van der Waals surface area contributed by atoms with Crippen molar-refractivity contribution < 1.29 is 14.3 Å². The second-order valence-corrected chi connectivity index (χ2v) is 4.83. The quantitative estimate of drug-likeness (QED) is 0.753. The summed E-state index contributed by atoms with van der Waals surface area (Å²) in [5, 5.41) is 14.6. The predicted molar refractivity (Wildman–Crippen MR) is 89.3 cm³/mol. The Bertz CT molecular complexity index is 716. The van der Waals surface area contributed by atoms with Crippen LogP contribution in [0.4, 0.5) is 5.82 Å². The molecule has 0 atom stereocenters. The summed E-state index contributed by atoms with van der Waals surface area (Å²) in [5.41, 5.74) is 0.962. The van der Waals surface area contributed by atoms with Crippen molar-refractivity contribution in [3.63, 3.8) is 0 Å². The maximum atomic E-state index is 12.2. The molecule has 7 nitrogen and oxygen atoms in total. The fourth-order valence-corrected chi connectivity index (χ4v) is 1.97. The number of ether oxygens (including phenoxy) is 2. The molecule has 2 N–H and O–H groups in total. The van der Waals surface area contributed by atoms with E-state index in [2.05, 4.69) is 15.6 Å². The molecule has 0 radical (unpaired) electrons. The lowest BCUT2D eigenvalue weighted by Gasteiger charge is -2.10. The number of carbonyl (C=O) groups is 1. The number of benzene rings is 1. The lowest BCUT2D eigenvalue weighted by Crippen LogP contribution is -2.28. The highest BCUT2D eigenvalue weighted by Crippen LogP contribution is 2.22. The first-order chi connectivity index (χ1) is 11.7. The molecule has 2 rings (SSSR count). The molecule has 0 saturated heterocycles. The molecule has 1 heterocycles. The number of aromatic nitrogens is 1. The number of anilines is 1. The fourth-order valence-electron chi connectivity index (χ4n) is 1.97. The first kappa shape index (κ1) is 17.1. The summed E-state index contributed by atoms with van der Waals surface area (Å²) in [7, 11) is 3.07. The molecule has 2 aromatic rings. The summed E-state index contributed by atoms with van der Waals surface area (Å²) in [6.45, 7) is 0.922. The van der Waals surface area contributed by atoms with Gasteiger partial charge in [-0.2, -0.15) is 5.26 Å². The Morgan fingerprint density at radius 1 is 1.17 bits per heavy atom. The van der Waals surface area contributed by atoms with Gasteiger partial charge in [-0.3, -0.25) is 4.79 Å². The zero-order valence-corrected chi connectivity index (χ0v) is 13.5. The molecule has 1 aromatic carbocycles. The first-order valence-corrected chi connectivity index (χ1v) is 7.27. The molecule has 1 amide bonds. The van der Waals surface area contributed by atoms with Crippen LogP contribution < -0.4 is 20.1 Å². The molecule has 7 heteroatoms. The smallest absolute Gasteiger partial charge is 0.251 e. The average Bonchev–Trinajstić information content (AvgIpc) is 2.64. The standard InChI is InChI=1S/C17H18N4O3/c1-23-14-7-13(8-15(9-14)24-2)17(22)20-6-5-19-16-4-3-12(10-18)11-21-16/h3-4,7-9,11H,5-6H2,1-2H3,(H,19,21)(H,20,22). The van der Waals surface area contributed by atoms with Crippen LogP contribution in [0.25, 0.3) is 0 Å². The molecule has 0 unspecified atom stereocenters. The van der Waals surface area contributed by atoms with E-state index in [0.717, 1.165) is 0 Å². The van der Waals surface area contributed by atoms with E-state index in [0.29, 0.717) is 41.5 Å². The lowest BCUT2D eigenvalue weighted by atomic mass is 10.2. The number of hydrogen-bond acceptors (Lipinski definition) is 6. The van der Waals surface area contributed by atoms with Crippen LogP contribution in [0.15, 0.2) is 36.5 Å². The highest BCUT2D eigenvalue weighted by atomic mass is 16.5. The zero-order chi connectivity index (χ0) is 17.4. The van der Waals surface area contributed by atoms with Crippen molar-refractivity contribution in [3.05, 3.63) is 47.7 Å². The lowest BCUT2D eigenvalue weighted by molar-refractivity contribution is 0.0954. The Balaban J connectivity index is 1.85. The minimum absolute atomic E-state index is 0.221. The number of nitriles is 1. The van der Waals surface area contributed by atoms with E-state index in [9.17, 15) is 4.79 Å². The molecule has 0 bridgehead atoms. The van der Waals surface area contributed by atoms with Crippen LogP contribution in [0.1, 0.15) is 15.9 Å². The molecule has 24 heavy (non-hydrogen) atoms. The van der Waals surface area contributed by atoms with Gasteiger partial charge >= 0.3 is 0 Å². The van der Waals surface area contributed by atoms with Crippen molar-refractivity contribution in [1.82, 2.24) is 10.3 Å². The molecule has 1 aromatic heterocycles. The fraction of sp³-hybridized carbons (Fsp3) is 0.235.